The highest BCUT2D eigenvalue weighted by Gasteiger charge is 1.94. The van der Waals surface area contributed by atoms with Crippen molar-refractivity contribution in [2.45, 2.75) is 6.92 Å². The average molecular weight is 276 g/mol. The van der Waals surface area contributed by atoms with Crippen LogP contribution in [0, 0.1) is 0 Å². The first-order valence-electron chi connectivity index (χ1n) is 3.32. The highest BCUT2D eigenvalue weighted by molar-refractivity contribution is 9.11. The molecule has 0 heterocycles. The van der Waals surface area contributed by atoms with Gasteiger partial charge in [-0.2, -0.15) is 0 Å². The zero-order valence-corrected chi connectivity index (χ0v) is 9.31. The fraction of sp³-hybridized carbons (Fsp3) is 0.111. The Morgan fingerprint density at radius 3 is 2.64 bits per heavy atom. The summed E-state index contributed by atoms with van der Waals surface area (Å²) in [5.74, 6) is 0. The van der Waals surface area contributed by atoms with Crippen LogP contribution in [0.3, 0.4) is 0 Å². The van der Waals surface area contributed by atoms with E-state index < -0.39 is 0 Å². The molecule has 0 aromatic heterocycles. The largest absolute Gasteiger partial charge is 0.0870 e. The Morgan fingerprint density at radius 1 is 1.27 bits per heavy atom. The standard InChI is InChI=1S/C9H8Br2/c1-2-3-7-6-8(10)4-5-9(7)11/h2-6H,1H3/b3-2+. The zero-order chi connectivity index (χ0) is 8.27. The van der Waals surface area contributed by atoms with Gasteiger partial charge in [0.15, 0.2) is 0 Å². The summed E-state index contributed by atoms with van der Waals surface area (Å²) < 4.78 is 2.23. The van der Waals surface area contributed by atoms with E-state index in [1.54, 1.807) is 0 Å². The molecule has 0 bridgehead atoms. The maximum absolute atomic E-state index is 3.46. The highest BCUT2D eigenvalue weighted by atomic mass is 79.9. The summed E-state index contributed by atoms with van der Waals surface area (Å²) >= 11 is 6.87. The lowest BCUT2D eigenvalue weighted by Gasteiger charge is -1.97. The Labute approximate surface area is 83.6 Å². The minimum absolute atomic E-state index is 1.11. The van der Waals surface area contributed by atoms with E-state index in [2.05, 4.69) is 44.0 Å². The van der Waals surface area contributed by atoms with Gasteiger partial charge in [0, 0.05) is 8.95 Å². The van der Waals surface area contributed by atoms with Crippen molar-refractivity contribution < 1.29 is 0 Å². The molecule has 0 aliphatic carbocycles. The molecule has 11 heavy (non-hydrogen) atoms. The van der Waals surface area contributed by atoms with Gasteiger partial charge in [-0.3, -0.25) is 0 Å². The van der Waals surface area contributed by atoms with Crippen molar-refractivity contribution in [1.29, 1.82) is 0 Å². The lowest BCUT2D eigenvalue weighted by atomic mass is 10.2. The minimum Gasteiger partial charge on any atom is -0.0870 e. The van der Waals surface area contributed by atoms with Crippen LogP contribution in [0.2, 0.25) is 0 Å². The van der Waals surface area contributed by atoms with Crippen molar-refractivity contribution in [2.24, 2.45) is 0 Å². The fourth-order valence-electron chi connectivity index (χ4n) is 0.822. The van der Waals surface area contributed by atoms with Gasteiger partial charge in [0.05, 0.1) is 0 Å². The van der Waals surface area contributed by atoms with E-state index in [0.29, 0.717) is 0 Å². The van der Waals surface area contributed by atoms with Crippen molar-refractivity contribution in [3.8, 4) is 0 Å². The molecule has 1 rings (SSSR count). The molecule has 0 aliphatic rings. The van der Waals surface area contributed by atoms with Crippen molar-refractivity contribution in [2.75, 3.05) is 0 Å². The van der Waals surface area contributed by atoms with E-state index in [1.165, 1.54) is 5.56 Å². The van der Waals surface area contributed by atoms with Gasteiger partial charge in [-0.25, -0.2) is 0 Å². The molecule has 0 fully saturated rings. The van der Waals surface area contributed by atoms with Crippen molar-refractivity contribution in [1.82, 2.24) is 0 Å². The predicted molar refractivity (Wildman–Crippen MR) is 56.6 cm³/mol. The topological polar surface area (TPSA) is 0 Å². The molecule has 0 atom stereocenters. The van der Waals surface area contributed by atoms with Crippen LogP contribution in [0.1, 0.15) is 12.5 Å². The summed E-state index contributed by atoms with van der Waals surface area (Å²) in [5, 5.41) is 0. The Kier molecular flexibility index (Phi) is 3.34. The number of allylic oxidation sites excluding steroid dienone is 1. The van der Waals surface area contributed by atoms with Crippen LogP contribution < -0.4 is 0 Å². The van der Waals surface area contributed by atoms with Crippen LogP contribution in [-0.2, 0) is 0 Å². The number of hydrogen-bond donors (Lipinski definition) is 0. The second-order valence-electron chi connectivity index (χ2n) is 2.17. The first kappa shape index (κ1) is 9.01. The summed E-state index contributed by atoms with van der Waals surface area (Å²) in [6.07, 6.45) is 4.08. The third-order valence-electron chi connectivity index (χ3n) is 1.30. The van der Waals surface area contributed by atoms with Crippen LogP contribution in [0.15, 0.2) is 33.2 Å². The Morgan fingerprint density at radius 2 is 2.00 bits per heavy atom. The molecule has 0 spiro atoms. The number of benzene rings is 1. The Balaban J connectivity index is 3.12. The molecular formula is C9H8Br2. The van der Waals surface area contributed by atoms with E-state index in [1.807, 2.05) is 25.1 Å². The first-order chi connectivity index (χ1) is 5.24. The summed E-state index contributed by atoms with van der Waals surface area (Å²) in [5.41, 5.74) is 1.20. The zero-order valence-electron chi connectivity index (χ0n) is 6.14. The fourth-order valence-corrected chi connectivity index (χ4v) is 1.58. The molecule has 0 N–H and O–H groups in total. The predicted octanol–water partition coefficient (Wildman–Crippen LogP) is 4.24. The SMILES string of the molecule is C/C=C/c1cc(Br)ccc1Br. The second-order valence-corrected chi connectivity index (χ2v) is 3.94. The summed E-state index contributed by atoms with van der Waals surface area (Å²) in [6.45, 7) is 2.01. The molecule has 2 heteroatoms. The van der Waals surface area contributed by atoms with Gasteiger partial charge >= 0.3 is 0 Å². The highest BCUT2D eigenvalue weighted by Crippen LogP contribution is 2.22. The summed E-state index contributed by atoms with van der Waals surface area (Å²) in [7, 11) is 0. The van der Waals surface area contributed by atoms with Crippen molar-refractivity contribution in [3.05, 3.63) is 38.8 Å². The lowest BCUT2D eigenvalue weighted by Crippen LogP contribution is -1.74. The van der Waals surface area contributed by atoms with Gasteiger partial charge in [0.2, 0.25) is 0 Å². The van der Waals surface area contributed by atoms with Gasteiger partial charge < -0.3 is 0 Å². The van der Waals surface area contributed by atoms with Crippen LogP contribution >= 0.6 is 31.9 Å². The van der Waals surface area contributed by atoms with Gasteiger partial charge in [-0.1, -0.05) is 44.0 Å². The molecular weight excluding hydrogens is 268 g/mol. The smallest absolute Gasteiger partial charge is 0.0248 e. The third-order valence-corrected chi connectivity index (χ3v) is 2.52. The van der Waals surface area contributed by atoms with Crippen LogP contribution in [0.4, 0.5) is 0 Å². The van der Waals surface area contributed by atoms with E-state index >= 15 is 0 Å². The maximum atomic E-state index is 3.46. The molecule has 0 saturated carbocycles. The second kappa shape index (κ2) is 4.07. The van der Waals surface area contributed by atoms with Crippen LogP contribution in [0.5, 0.6) is 0 Å². The lowest BCUT2D eigenvalue weighted by molar-refractivity contribution is 1.55. The van der Waals surface area contributed by atoms with Crippen molar-refractivity contribution in [3.63, 3.8) is 0 Å². The van der Waals surface area contributed by atoms with Gasteiger partial charge in [0.1, 0.15) is 0 Å². The van der Waals surface area contributed by atoms with Crippen LogP contribution in [-0.4, -0.2) is 0 Å². The van der Waals surface area contributed by atoms with E-state index in [4.69, 9.17) is 0 Å². The molecule has 58 valence electrons. The third kappa shape index (κ3) is 2.46. The van der Waals surface area contributed by atoms with Gasteiger partial charge in [0.25, 0.3) is 0 Å². The Bertz CT molecular complexity index is 277. The van der Waals surface area contributed by atoms with E-state index in [9.17, 15) is 0 Å². The number of halogens is 2. The summed E-state index contributed by atoms with van der Waals surface area (Å²) in [4.78, 5) is 0. The average Bonchev–Trinajstić information content (AvgIpc) is 1.98. The molecule has 0 amide bonds. The number of rotatable bonds is 1. The molecule has 0 unspecified atom stereocenters. The monoisotopic (exact) mass is 274 g/mol. The van der Waals surface area contributed by atoms with Gasteiger partial charge in [-0.15, -0.1) is 0 Å². The molecule has 1 aromatic carbocycles. The van der Waals surface area contributed by atoms with Gasteiger partial charge in [-0.05, 0) is 30.7 Å². The molecule has 0 nitrogen and oxygen atoms in total. The van der Waals surface area contributed by atoms with Crippen molar-refractivity contribution >= 4 is 37.9 Å². The van der Waals surface area contributed by atoms with Crippen LogP contribution in [0.25, 0.3) is 6.08 Å². The molecule has 0 saturated heterocycles. The van der Waals surface area contributed by atoms with E-state index in [0.717, 1.165) is 8.95 Å². The Hall–Kier alpha value is -0.0800. The summed E-state index contributed by atoms with van der Waals surface area (Å²) in [6, 6.07) is 6.11. The number of hydrogen-bond acceptors (Lipinski definition) is 0. The van der Waals surface area contributed by atoms with E-state index in [-0.39, 0.29) is 0 Å². The minimum atomic E-state index is 1.11. The quantitative estimate of drug-likeness (QED) is 0.719. The molecule has 1 aromatic rings. The first-order valence-corrected chi connectivity index (χ1v) is 4.90. The normalized spacial score (nSPS) is 10.8. The molecule has 0 aliphatic heterocycles. The molecule has 0 radical (unpaired) electrons. The maximum Gasteiger partial charge on any atom is 0.0248 e.